The van der Waals surface area contributed by atoms with Crippen molar-refractivity contribution < 1.29 is 9.90 Å². The summed E-state index contributed by atoms with van der Waals surface area (Å²) in [4.78, 5) is 10.9. The number of hydrogen-bond donors (Lipinski definition) is 1. The van der Waals surface area contributed by atoms with Crippen molar-refractivity contribution in [2.75, 3.05) is 0 Å². The van der Waals surface area contributed by atoms with E-state index in [0.717, 1.165) is 0 Å². The first-order valence-electron chi connectivity index (χ1n) is 4.45. The molecule has 1 rings (SSSR count). The molecule has 1 atom stereocenters. The number of rotatable bonds is 4. The van der Waals surface area contributed by atoms with Crippen molar-refractivity contribution in [1.29, 1.82) is 0 Å². The van der Waals surface area contributed by atoms with Gasteiger partial charge in [0.05, 0.1) is 5.92 Å². The summed E-state index contributed by atoms with van der Waals surface area (Å²) < 4.78 is 1.90. The second-order valence-electron chi connectivity index (χ2n) is 3.57. The molecule has 13 heavy (non-hydrogen) atoms. The Hall–Kier alpha value is -1.25. The summed E-state index contributed by atoms with van der Waals surface area (Å²) in [5, 5.41) is 8.93. The molecule has 1 heterocycles. The number of carbonyl (C=O) groups is 1. The summed E-state index contributed by atoms with van der Waals surface area (Å²) in [5.74, 6) is -0.851. The molecule has 1 unspecified atom stereocenters. The minimum atomic E-state index is -0.719. The maximum absolute atomic E-state index is 10.9. The zero-order valence-electron chi connectivity index (χ0n) is 7.97. The lowest BCUT2D eigenvalue weighted by atomic mass is 9.96. The number of carboxylic acids is 1. The van der Waals surface area contributed by atoms with Crippen LogP contribution in [0.2, 0.25) is 0 Å². The number of nitrogens with zero attached hydrogens (tertiary/aromatic N) is 1. The van der Waals surface area contributed by atoms with Crippen LogP contribution in [-0.2, 0) is 11.3 Å². The van der Waals surface area contributed by atoms with Crippen molar-refractivity contribution in [3.63, 3.8) is 0 Å². The van der Waals surface area contributed by atoms with E-state index in [2.05, 4.69) is 0 Å². The van der Waals surface area contributed by atoms with Crippen molar-refractivity contribution in [3.8, 4) is 0 Å². The standard InChI is InChI=1S/C10H15NO2/c1-8(2)9(10(12)13)7-11-5-3-4-6-11/h3-6,8-9H,7H2,1-2H3,(H,12,13). The quantitative estimate of drug-likeness (QED) is 0.770. The van der Waals surface area contributed by atoms with Gasteiger partial charge in [-0.1, -0.05) is 13.8 Å². The van der Waals surface area contributed by atoms with Gasteiger partial charge in [-0.15, -0.1) is 0 Å². The molecule has 0 spiro atoms. The Bertz CT molecular complexity index is 264. The number of aliphatic carboxylic acids is 1. The van der Waals surface area contributed by atoms with E-state index in [1.165, 1.54) is 0 Å². The highest BCUT2D eigenvalue weighted by atomic mass is 16.4. The average Bonchev–Trinajstić information content (AvgIpc) is 2.50. The van der Waals surface area contributed by atoms with Gasteiger partial charge < -0.3 is 9.67 Å². The van der Waals surface area contributed by atoms with Crippen molar-refractivity contribution in [2.24, 2.45) is 11.8 Å². The molecule has 3 heteroatoms. The smallest absolute Gasteiger partial charge is 0.308 e. The molecule has 72 valence electrons. The Morgan fingerprint density at radius 2 is 1.92 bits per heavy atom. The van der Waals surface area contributed by atoms with Gasteiger partial charge in [-0.3, -0.25) is 4.79 Å². The Kier molecular flexibility index (Phi) is 3.12. The van der Waals surface area contributed by atoms with Crippen LogP contribution in [0.4, 0.5) is 0 Å². The predicted molar refractivity (Wildman–Crippen MR) is 50.4 cm³/mol. The first-order valence-corrected chi connectivity index (χ1v) is 4.45. The fraction of sp³-hybridized carbons (Fsp3) is 0.500. The molecule has 0 amide bonds. The van der Waals surface area contributed by atoms with Crippen LogP contribution in [0, 0.1) is 11.8 Å². The highest BCUT2D eigenvalue weighted by Crippen LogP contribution is 2.13. The van der Waals surface area contributed by atoms with E-state index in [4.69, 9.17) is 5.11 Å². The van der Waals surface area contributed by atoms with Gasteiger partial charge >= 0.3 is 5.97 Å². The Morgan fingerprint density at radius 3 is 2.31 bits per heavy atom. The molecular formula is C10H15NO2. The molecule has 0 aliphatic heterocycles. The van der Waals surface area contributed by atoms with Crippen LogP contribution in [0.5, 0.6) is 0 Å². The van der Waals surface area contributed by atoms with Crippen molar-refractivity contribution >= 4 is 5.97 Å². The molecule has 1 aromatic heterocycles. The van der Waals surface area contributed by atoms with Gasteiger partial charge in [0.1, 0.15) is 0 Å². The first kappa shape index (κ1) is 9.84. The SMILES string of the molecule is CC(C)C(Cn1cccc1)C(=O)O. The van der Waals surface area contributed by atoms with Crippen molar-refractivity contribution in [2.45, 2.75) is 20.4 Å². The fourth-order valence-electron chi connectivity index (χ4n) is 1.29. The van der Waals surface area contributed by atoms with Crippen LogP contribution >= 0.6 is 0 Å². The summed E-state index contributed by atoms with van der Waals surface area (Å²) in [6.07, 6.45) is 3.77. The van der Waals surface area contributed by atoms with Crippen LogP contribution in [0.15, 0.2) is 24.5 Å². The largest absolute Gasteiger partial charge is 0.481 e. The monoisotopic (exact) mass is 181 g/mol. The second kappa shape index (κ2) is 4.12. The van der Waals surface area contributed by atoms with E-state index < -0.39 is 5.97 Å². The van der Waals surface area contributed by atoms with E-state index >= 15 is 0 Å². The molecule has 0 aromatic carbocycles. The molecule has 0 bridgehead atoms. The zero-order valence-corrected chi connectivity index (χ0v) is 7.97. The van der Waals surface area contributed by atoms with Crippen molar-refractivity contribution in [1.82, 2.24) is 4.57 Å². The first-order chi connectivity index (χ1) is 6.11. The Balaban J connectivity index is 2.63. The predicted octanol–water partition coefficient (Wildman–Crippen LogP) is 1.84. The maximum atomic E-state index is 10.9. The highest BCUT2D eigenvalue weighted by molar-refractivity contribution is 5.70. The van der Waals surface area contributed by atoms with Crippen LogP contribution in [-0.4, -0.2) is 15.6 Å². The lowest BCUT2D eigenvalue weighted by Gasteiger charge is -2.16. The van der Waals surface area contributed by atoms with Crippen LogP contribution in [0.25, 0.3) is 0 Å². The van der Waals surface area contributed by atoms with Gasteiger partial charge in [-0.25, -0.2) is 0 Å². The summed E-state index contributed by atoms with van der Waals surface area (Å²) >= 11 is 0. The molecule has 0 saturated heterocycles. The van der Waals surface area contributed by atoms with Crippen molar-refractivity contribution in [3.05, 3.63) is 24.5 Å². The minimum Gasteiger partial charge on any atom is -0.481 e. The van der Waals surface area contributed by atoms with Gasteiger partial charge in [0.2, 0.25) is 0 Å². The lowest BCUT2D eigenvalue weighted by Crippen LogP contribution is -2.24. The van der Waals surface area contributed by atoms with Gasteiger partial charge in [0.15, 0.2) is 0 Å². The number of hydrogen-bond acceptors (Lipinski definition) is 1. The third-order valence-corrected chi connectivity index (χ3v) is 2.20. The molecule has 0 radical (unpaired) electrons. The van der Waals surface area contributed by atoms with E-state index in [-0.39, 0.29) is 11.8 Å². The molecule has 0 aliphatic carbocycles. The summed E-state index contributed by atoms with van der Waals surface area (Å²) in [7, 11) is 0. The topological polar surface area (TPSA) is 42.2 Å². The van der Waals surface area contributed by atoms with Crippen LogP contribution in [0.1, 0.15) is 13.8 Å². The number of carboxylic acid groups (broad SMARTS) is 1. The highest BCUT2D eigenvalue weighted by Gasteiger charge is 2.21. The number of aromatic nitrogens is 1. The zero-order chi connectivity index (χ0) is 9.84. The molecule has 1 aromatic rings. The molecule has 0 fully saturated rings. The summed E-state index contributed by atoms with van der Waals surface area (Å²) in [5.41, 5.74) is 0. The normalized spacial score (nSPS) is 13.2. The van der Waals surface area contributed by atoms with E-state index in [0.29, 0.717) is 6.54 Å². The van der Waals surface area contributed by atoms with E-state index in [1.54, 1.807) is 0 Å². The third kappa shape index (κ3) is 2.61. The average molecular weight is 181 g/mol. The molecular weight excluding hydrogens is 166 g/mol. The maximum Gasteiger partial charge on any atom is 0.308 e. The summed E-state index contributed by atoms with van der Waals surface area (Å²) in [6, 6.07) is 3.80. The third-order valence-electron chi connectivity index (χ3n) is 2.20. The van der Waals surface area contributed by atoms with Crippen LogP contribution in [0.3, 0.4) is 0 Å². The Morgan fingerprint density at radius 1 is 1.38 bits per heavy atom. The van der Waals surface area contributed by atoms with Gasteiger partial charge in [0.25, 0.3) is 0 Å². The van der Waals surface area contributed by atoms with Gasteiger partial charge in [0, 0.05) is 18.9 Å². The van der Waals surface area contributed by atoms with Gasteiger partial charge in [-0.2, -0.15) is 0 Å². The second-order valence-corrected chi connectivity index (χ2v) is 3.57. The molecule has 1 N–H and O–H groups in total. The van der Waals surface area contributed by atoms with E-state index in [1.807, 2.05) is 42.9 Å². The van der Waals surface area contributed by atoms with Gasteiger partial charge in [-0.05, 0) is 18.1 Å². The minimum absolute atomic E-state index is 0.167. The van der Waals surface area contributed by atoms with E-state index in [9.17, 15) is 4.79 Å². The Labute approximate surface area is 78.0 Å². The fourth-order valence-corrected chi connectivity index (χ4v) is 1.29. The molecule has 0 aliphatic rings. The summed E-state index contributed by atoms with van der Waals surface area (Å²) in [6.45, 7) is 4.42. The van der Waals surface area contributed by atoms with Crippen LogP contribution < -0.4 is 0 Å². The molecule has 3 nitrogen and oxygen atoms in total. The lowest BCUT2D eigenvalue weighted by molar-refractivity contribution is -0.143. The molecule has 0 saturated carbocycles.